The zero-order valence-corrected chi connectivity index (χ0v) is 21.4. The summed E-state index contributed by atoms with van der Waals surface area (Å²) >= 11 is 0. The van der Waals surface area contributed by atoms with Crippen LogP contribution in [0, 0.1) is 0 Å². The average molecular weight is 518 g/mol. The van der Waals surface area contributed by atoms with Crippen LogP contribution >= 0.6 is 12.4 Å². The maximum absolute atomic E-state index is 13.4. The normalized spacial score (nSPS) is 18.8. The SMILES string of the molecule is COc1cc2c(cc1OC)C(=O)N(C1CCCN(CCNC(=O)c3ccc4c(c3)OCO4)C1)CC2.Cl. The molecule has 0 radical (unpaired) electrons. The third-order valence-corrected chi connectivity index (χ3v) is 6.99. The van der Waals surface area contributed by atoms with Gasteiger partial charge in [0.2, 0.25) is 6.79 Å². The molecule has 0 bridgehead atoms. The summed E-state index contributed by atoms with van der Waals surface area (Å²) in [5.74, 6) is 2.40. The highest BCUT2D eigenvalue weighted by Crippen LogP contribution is 2.35. The zero-order chi connectivity index (χ0) is 24.4. The molecule has 3 aliphatic rings. The van der Waals surface area contributed by atoms with Gasteiger partial charge < -0.3 is 29.2 Å². The first kappa shape index (κ1) is 25.9. The van der Waals surface area contributed by atoms with Crippen LogP contribution in [0.1, 0.15) is 39.1 Å². The highest BCUT2D eigenvalue weighted by molar-refractivity contribution is 5.98. The van der Waals surface area contributed by atoms with Gasteiger partial charge in [0.1, 0.15) is 0 Å². The minimum Gasteiger partial charge on any atom is -0.493 e. The van der Waals surface area contributed by atoms with Gasteiger partial charge in [-0.2, -0.15) is 0 Å². The van der Waals surface area contributed by atoms with E-state index < -0.39 is 0 Å². The number of nitrogens with one attached hydrogen (secondary N) is 1. The predicted molar refractivity (Wildman–Crippen MR) is 136 cm³/mol. The minimum atomic E-state index is -0.135. The van der Waals surface area contributed by atoms with E-state index in [9.17, 15) is 9.59 Å². The first-order valence-corrected chi connectivity index (χ1v) is 12.0. The number of rotatable bonds is 7. The van der Waals surface area contributed by atoms with Gasteiger partial charge in [0.15, 0.2) is 23.0 Å². The molecule has 10 heteroatoms. The molecule has 36 heavy (non-hydrogen) atoms. The molecule has 2 aromatic rings. The van der Waals surface area contributed by atoms with Crippen LogP contribution in [0.5, 0.6) is 23.0 Å². The van der Waals surface area contributed by atoms with Crippen molar-refractivity contribution >= 4 is 24.2 Å². The number of hydrogen-bond donors (Lipinski definition) is 1. The molecule has 2 amide bonds. The lowest BCUT2D eigenvalue weighted by molar-refractivity contribution is 0.0525. The number of hydrogen-bond acceptors (Lipinski definition) is 7. The van der Waals surface area contributed by atoms with E-state index in [-0.39, 0.29) is 37.1 Å². The van der Waals surface area contributed by atoms with Crippen molar-refractivity contribution in [2.45, 2.75) is 25.3 Å². The van der Waals surface area contributed by atoms with E-state index >= 15 is 0 Å². The number of amides is 2. The second-order valence-electron chi connectivity index (χ2n) is 9.03. The van der Waals surface area contributed by atoms with Crippen LogP contribution < -0.4 is 24.3 Å². The summed E-state index contributed by atoms with van der Waals surface area (Å²) < 4.78 is 21.5. The van der Waals surface area contributed by atoms with Crippen LogP contribution in [0.25, 0.3) is 0 Å². The Labute approximate surface area is 217 Å². The molecule has 3 aliphatic heterocycles. The molecule has 2 aromatic carbocycles. The summed E-state index contributed by atoms with van der Waals surface area (Å²) in [6, 6.07) is 9.07. The van der Waals surface area contributed by atoms with Crippen LogP contribution in [-0.4, -0.2) is 81.4 Å². The highest BCUT2D eigenvalue weighted by Gasteiger charge is 2.33. The number of piperidine rings is 1. The number of methoxy groups -OCH3 is 2. The van der Waals surface area contributed by atoms with E-state index in [0.29, 0.717) is 47.2 Å². The van der Waals surface area contributed by atoms with Crippen molar-refractivity contribution in [2.75, 3.05) is 53.7 Å². The van der Waals surface area contributed by atoms with Crippen LogP contribution in [0.15, 0.2) is 30.3 Å². The van der Waals surface area contributed by atoms with Gasteiger partial charge in [0, 0.05) is 43.3 Å². The molecule has 1 atom stereocenters. The number of benzene rings is 2. The second kappa shape index (κ2) is 11.3. The summed E-state index contributed by atoms with van der Waals surface area (Å²) in [6.07, 6.45) is 2.79. The van der Waals surface area contributed by atoms with E-state index in [1.807, 2.05) is 11.0 Å². The lowest BCUT2D eigenvalue weighted by Gasteiger charge is -2.41. The lowest BCUT2D eigenvalue weighted by atomic mass is 9.94. The molecule has 1 unspecified atom stereocenters. The van der Waals surface area contributed by atoms with Crippen LogP contribution in [0.4, 0.5) is 0 Å². The molecule has 0 aromatic heterocycles. The average Bonchev–Trinajstić information content (AvgIpc) is 3.36. The molecule has 0 spiro atoms. The number of carbonyl (C=O) groups is 2. The minimum absolute atomic E-state index is 0. The molecule has 1 saturated heterocycles. The molecule has 0 saturated carbocycles. The van der Waals surface area contributed by atoms with Crippen molar-refractivity contribution < 1.29 is 28.5 Å². The van der Waals surface area contributed by atoms with E-state index in [4.69, 9.17) is 18.9 Å². The molecule has 3 heterocycles. The molecular weight excluding hydrogens is 486 g/mol. The maximum Gasteiger partial charge on any atom is 0.254 e. The zero-order valence-electron chi connectivity index (χ0n) is 20.6. The Morgan fingerprint density at radius 1 is 1.08 bits per heavy atom. The Morgan fingerprint density at radius 3 is 2.67 bits per heavy atom. The molecule has 5 rings (SSSR count). The standard InChI is InChI=1S/C26H31N3O6.ClH/c1-32-22-12-17-7-10-29(26(31)20(17)14-23(22)33-2)19-4-3-9-28(15-19)11-8-27-25(30)18-5-6-21-24(13-18)35-16-34-21;/h5-6,12-14,19H,3-4,7-11,15-16H2,1-2H3,(H,27,30);1H. The lowest BCUT2D eigenvalue weighted by Crippen LogP contribution is -2.53. The fraction of sp³-hybridized carbons (Fsp3) is 0.462. The summed E-state index contributed by atoms with van der Waals surface area (Å²) in [4.78, 5) is 30.3. The topological polar surface area (TPSA) is 89.6 Å². The second-order valence-corrected chi connectivity index (χ2v) is 9.03. The largest absolute Gasteiger partial charge is 0.493 e. The fourth-order valence-corrected chi connectivity index (χ4v) is 5.13. The number of ether oxygens (including phenoxy) is 4. The maximum atomic E-state index is 13.4. The summed E-state index contributed by atoms with van der Waals surface area (Å²) in [5, 5.41) is 2.99. The van der Waals surface area contributed by atoms with Crippen LogP contribution in [-0.2, 0) is 6.42 Å². The summed E-state index contributed by atoms with van der Waals surface area (Å²) in [6.45, 7) is 3.91. The van der Waals surface area contributed by atoms with Gasteiger partial charge in [0.05, 0.1) is 14.2 Å². The van der Waals surface area contributed by atoms with Gasteiger partial charge in [0.25, 0.3) is 11.8 Å². The molecule has 1 N–H and O–H groups in total. The first-order chi connectivity index (χ1) is 17.1. The Bertz CT molecular complexity index is 1130. The first-order valence-electron chi connectivity index (χ1n) is 12.0. The monoisotopic (exact) mass is 517 g/mol. The van der Waals surface area contributed by atoms with Crippen molar-refractivity contribution in [1.82, 2.24) is 15.1 Å². The summed E-state index contributed by atoms with van der Waals surface area (Å²) in [5.41, 5.74) is 2.25. The Kier molecular flexibility index (Phi) is 8.11. The number of fused-ring (bicyclic) bond motifs is 2. The quantitative estimate of drug-likeness (QED) is 0.604. The van der Waals surface area contributed by atoms with Crippen molar-refractivity contribution in [3.8, 4) is 23.0 Å². The van der Waals surface area contributed by atoms with E-state index in [1.54, 1.807) is 38.5 Å². The van der Waals surface area contributed by atoms with Gasteiger partial charge >= 0.3 is 0 Å². The molecule has 0 aliphatic carbocycles. The van der Waals surface area contributed by atoms with Gasteiger partial charge in [-0.25, -0.2) is 0 Å². The predicted octanol–water partition coefficient (Wildman–Crippen LogP) is 2.75. The van der Waals surface area contributed by atoms with Crippen molar-refractivity contribution in [1.29, 1.82) is 0 Å². The number of halogens is 1. The molecule has 1 fully saturated rings. The van der Waals surface area contributed by atoms with Crippen LogP contribution in [0.2, 0.25) is 0 Å². The van der Waals surface area contributed by atoms with Crippen molar-refractivity contribution in [2.24, 2.45) is 0 Å². The third kappa shape index (κ3) is 5.17. The van der Waals surface area contributed by atoms with Gasteiger partial charge in [-0.05, 0) is 61.7 Å². The number of carbonyl (C=O) groups excluding carboxylic acids is 2. The van der Waals surface area contributed by atoms with Crippen LogP contribution in [0.3, 0.4) is 0 Å². The Morgan fingerprint density at radius 2 is 1.86 bits per heavy atom. The number of nitrogens with zero attached hydrogens (tertiary/aromatic N) is 2. The Balaban J connectivity index is 0.00000304. The number of likely N-dealkylation sites (tertiary alicyclic amines) is 1. The van der Waals surface area contributed by atoms with Crippen molar-refractivity contribution in [3.05, 3.63) is 47.0 Å². The summed E-state index contributed by atoms with van der Waals surface area (Å²) in [7, 11) is 3.19. The van der Waals surface area contributed by atoms with E-state index in [1.165, 1.54) is 0 Å². The third-order valence-electron chi connectivity index (χ3n) is 6.99. The van der Waals surface area contributed by atoms with E-state index in [2.05, 4.69) is 10.2 Å². The smallest absolute Gasteiger partial charge is 0.254 e. The molecule has 9 nitrogen and oxygen atoms in total. The highest BCUT2D eigenvalue weighted by atomic mass is 35.5. The molecule has 194 valence electrons. The van der Waals surface area contributed by atoms with E-state index in [0.717, 1.165) is 44.5 Å². The van der Waals surface area contributed by atoms with Crippen molar-refractivity contribution in [3.63, 3.8) is 0 Å². The molecular formula is C26H32ClN3O6. The van der Waals surface area contributed by atoms with Gasteiger partial charge in [-0.3, -0.25) is 14.5 Å². The van der Waals surface area contributed by atoms with Gasteiger partial charge in [-0.1, -0.05) is 0 Å². The Hall–Kier alpha value is -3.17. The van der Waals surface area contributed by atoms with Gasteiger partial charge in [-0.15, -0.1) is 12.4 Å². The fourth-order valence-electron chi connectivity index (χ4n) is 5.13.